The Hall–Kier alpha value is 0.459. The van der Waals surface area contributed by atoms with E-state index in [4.69, 9.17) is 0 Å². The summed E-state index contributed by atoms with van der Waals surface area (Å²) in [4.78, 5) is 0. The zero-order chi connectivity index (χ0) is 11.6. The summed E-state index contributed by atoms with van der Waals surface area (Å²) in [5, 5.41) is 0. The van der Waals surface area contributed by atoms with Crippen molar-refractivity contribution in [2.24, 2.45) is 5.92 Å². The van der Waals surface area contributed by atoms with Gasteiger partial charge in [0, 0.05) is 0 Å². The van der Waals surface area contributed by atoms with Crippen LogP contribution in [-0.2, 0) is 0 Å². The maximum Gasteiger partial charge on any atom is 0.190 e. The van der Waals surface area contributed by atoms with Gasteiger partial charge in [-0.2, -0.15) is 0 Å². The molecule has 0 spiro atoms. The predicted octanol–water partition coefficient (Wildman–Crippen LogP) is 3.20. The lowest BCUT2D eigenvalue weighted by Crippen LogP contribution is -2.60. The van der Waals surface area contributed by atoms with E-state index in [1.807, 2.05) is 0 Å². The third-order valence-corrected chi connectivity index (χ3v) is 10.2. The van der Waals surface area contributed by atoms with Gasteiger partial charge in [-0.1, -0.05) is 59.4 Å². The van der Waals surface area contributed by atoms with Crippen molar-refractivity contribution in [1.82, 2.24) is 4.14 Å². The molecule has 0 aromatic heterocycles. The smallest absolute Gasteiger partial charge is 0.190 e. The van der Waals surface area contributed by atoms with E-state index in [1.54, 1.807) is 0 Å². The largest absolute Gasteiger partial charge is 0.391 e. The molecule has 0 aliphatic carbocycles. The molecule has 0 heterocycles. The summed E-state index contributed by atoms with van der Waals surface area (Å²) in [5.41, 5.74) is 0. The summed E-state index contributed by atoms with van der Waals surface area (Å²) in [7, 11) is -0.983. The topological polar surface area (TPSA) is 3.24 Å². The van der Waals surface area contributed by atoms with Crippen molar-refractivity contribution in [2.45, 2.75) is 52.5 Å². The van der Waals surface area contributed by atoms with Crippen molar-refractivity contribution in [3.8, 4) is 0 Å². The van der Waals surface area contributed by atoms with E-state index in [0.29, 0.717) is 5.92 Å². The van der Waals surface area contributed by atoms with Gasteiger partial charge in [-0.15, -0.1) is 0 Å². The van der Waals surface area contributed by atoms with E-state index >= 15 is 0 Å². The van der Waals surface area contributed by atoms with Crippen molar-refractivity contribution in [3.63, 3.8) is 0 Å². The molecule has 1 unspecified atom stereocenters. The van der Waals surface area contributed by atoms with Gasteiger partial charge in [-0.05, 0) is 5.92 Å². The molecule has 0 aromatic carbocycles. The van der Waals surface area contributed by atoms with E-state index in [2.05, 4.69) is 57.3 Å². The van der Waals surface area contributed by atoms with Gasteiger partial charge in [-0.3, -0.25) is 0 Å². The molecule has 0 N–H and O–H groups in total. The molecule has 1 nitrogen and oxygen atoms in total. The maximum atomic E-state index is 4.08. The van der Waals surface area contributed by atoms with Gasteiger partial charge in [-0.25, -0.2) is 0 Å². The van der Waals surface area contributed by atoms with Gasteiger partial charge in [0.1, 0.15) is 16.5 Å². The first-order valence-electron chi connectivity index (χ1n) is 5.66. The number of hydrogen-bond acceptors (Lipinski definition) is 1. The van der Waals surface area contributed by atoms with Crippen LogP contribution in [0.3, 0.4) is 0 Å². The van der Waals surface area contributed by atoms with Crippen molar-refractivity contribution in [1.29, 1.82) is 0 Å². The number of hydrogen-bond donors (Lipinski definition) is 0. The molecule has 1 radical (unpaired) electrons. The molecule has 1 atom stereocenters. The van der Waals surface area contributed by atoms with Crippen LogP contribution in [0.1, 0.15) is 6.92 Å². The summed E-state index contributed by atoms with van der Waals surface area (Å²) < 4.78 is 2.84. The van der Waals surface area contributed by atoms with E-state index in [9.17, 15) is 0 Å². The van der Waals surface area contributed by atoms with Crippen LogP contribution in [0, 0.1) is 12.8 Å². The van der Waals surface area contributed by atoms with Gasteiger partial charge in [0.05, 0.1) is 0 Å². The first kappa shape index (κ1) is 14.5. The quantitative estimate of drug-likeness (QED) is 0.653. The Morgan fingerprint density at radius 1 is 1.07 bits per heavy atom. The maximum absolute atomic E-state index is 4.08. The highest BCUT2D eigenvalue weighted by atomic mass is 28.4. The Morgan fingerprint density at radius 3 is 1.64 bits per heavy atom. The number of rotatable bonds is 5. The lowest BCUT2D eigenvalue weighted by atomic mass is 9.84. The average Bonchev–Trinajstić information content (AvgIpc) is 1.78. The molecule has 0 rings (SSSR count). The Bertz CT molecular complexity index is 156. The van der Waals surface area contributed by atoms with Crippen LogP contribution in [-0.4, -0.2) is 28.0 Å². The Labute approximate surface area is 93.7 Å². The Kier molecular flexibility index (Phi) is 5.15. The minimum atomic E-state index is -1.12. The monoisotopic (exact) mass is 228 g/mol. The van der Waals surface area contributed by atoms with Crippen LogP contribution in [0.4, 0.5) is 0 Å². The summed E-state index contributed by atoms with van der Waals surface area (Å²) in [6.07, 6.45) is 1.24. The molecule has 4 heteroatoms. The Balaban J connectivity index is 4.44. The summed E-state index contributed by atoms with van der Waals surface area (Å²) in [6.45, 7) is 21.0. The van der Waals surface area contributed by atoms with Crippen molar-refractivity contribution in [3.05, 3.63) is 6.92 Å². The van der Waals surface area contributed by atoms with Crippen LogP contribution < -0.4 is 0 Å². The molecule has 0 saturated heterocycles. The van der Waals surface area contributed by atoms with Gasteiger partial charge in [0.25, 0.3) is 0 Å². The third kappa shape index (κ3) is 5.37. The normalized spacial score (nSPS) is 13.9. The molecule has 0 aliphatic rings. The molecule has 0 saturated carbocycles. The first-order chi connectivity index (χ1) is 6.05. The average molecular weight is 228 g/mol. The van der Waals surface area contributed by atoms with Crippen molar-refractivity contribution < 1.29 is 0 Å². The second-order valence-corrected chi connectivity index (χ2v) is 16.6. The van der Waals surface area contributed by atoms with Gasteiger partial charge in [0.15, 0.2) is 7.41 Å². The van der Waals surface area contributed by atoms with E-state index in [-0.39, 0.29) is 0 Å². The second kappa shape index (κ2) is 4.99. The van der Waals surface area contributed by atoms with Gasteiger partial charge < -0.3 is 4.14 Å². The molecular formula is C10H27BNSi2. The lowest BCUT2D eigenvalue weighted by Gasteiger charge is -2.44. The van der Waals surface area contributed by atoms with Gasteiger partial charge >= 0.3 is 0 Å². The van der Waals surface area contributed by atoms with Crippen LogP contribution in [0.2, 0.25) is 45.6 Å². The Morgan fingerprint density at radius 2 is 1.43 bits per heavy atom. The van der Waals surface area contributed by atoms with E-state index in [1.165, 1.54) is 13.7 Å². The molecule has 0 amide bonds. The fourth-order valence-corrected chi connectivity index (χ4v) is 11.7. The van der Waals surface area contributed by atoms with Crippen molar-refractivity contribution >= 4 is 23.9 Å². The zero-order valence-electron chi connectivity index (χ0n) is 11.1. The molecule has 0 aliphatic heterocycles. The van der Waals surface area contributed by atoms with Crippen molar-refractivity contribution in [2.75, 3.05) is 0 Å². The number of nitrogens with zero attached hydrogens (tertiary/aromatic N) is 1. The minimum Gasteiger partial charge on any atom is -0.391 e. The predicted molar refractivity (Wildman–Crippen MR) is 75.0 cm³/mol. The molecule has 14 heavy (non-hydrogen) atoms. The highest BCUT2D eigenvalue weighted by Gasteiger charge is 2.33. The second-order valence-electron chi connectivity index (χ2n) is 6.39. The zero-order valence-corrected chi connectivity index (χ0v) is 13.1. The first-order valence-corrected chi connectivity index (χ1v) is 12.6. The summed E-state index contributed by atoms with van der Waals surface area (Å²) in [6, 6.07) is 0. The molecule has 83 valence electrons. The highest BCUT2D eigenvalue weighted by molar-refractivity contribution is 6.96. The van der Waals surface area contributed by atoms with Crippen LogP contribution >= 0.6 is 0 Å². The summed E-state index contributed by atoms with van der Waals surface area (Å²) in [5.74, 6) is 0.588. The fourth-order valence-electron chi connectivity index (χ4n) is 2.03. The fraction of sp³-hybridized carbons (Fsp3) is 0.900. The molecule has 0 aromatic rings. The minimum absolute atomic E-state index is 0.588. The molecule has 0 bridgehead atoms. The van der Waals surface area contributed by atoms with E-state index in [0.717, 1.165) is 0 Å². The third-order valence-electron chi connectivity index (χ3n) is 2.47. The van der Waals surface area contributed by atoms with Crippen LogP contribution in [0.25, 0.3) is 0 Å². The molecular weight excluding hydrogens is 201 g/mol. The van der Waals surface area contributed by atoms with Crippen LogP contribution in [0.15, 0.2) is 0 Å². The lowest BCUT2D eigenvalue weighted by molar-refractivity contribution is 0.793. The van der Waals surface area contributed by atoms with E-state index < -0.39 is 16.5 Å². The highest BCUT2D eigenvalue weighted by Crippen LogP contribution is 2.19. The standard InChI is InChI=1S/C10H27BNSi2/c1-10(2)9-11-12(13(3,4)5)14(6,7)8/h10-11H,1,9H2,2-8H3. The SMILES string of the molecule is [CH2]C(C)CBN([Si](C)(C)C)[Si](C)(C)C. The van der Waals surface area contributed by atoms with Crippen LogP contribution in [0.5, 0.6) is 0 Å². The van der Waals surface area contributed by atoms with Gasteiger partial charge in [0.2, 0.25) is 0 Å². The summed E-state index contributed by atoms with van der Waals surface area (Å²) >= 11 is 0. The molecule has 0 fully saturated rings.